The number of rotatable bonds is 3. The maximum absolute atomic E-state index is 10.6. The summed E-state index contributed by atoms with van der Waals surface area (Å²) in [5.41, 5.74) is 3.25. The van der Waals surface area contributed by atoms with Crippen LogP contribution in [0.25, 0.3) is 21.3 Å². The van der Waals surface area contributed by atoms with Crippen molar-refractivity contribution in [2.75, 3.05) is 13.1 Å². The largest absolute Gasteiger partial charge is 0.490 e. The molecule has 31 heavy (non-hydrogen) atoms. The average molecular weight is 473 g/mol. The lowest BCUT2D eigenvalue weighted by molar-refractivity contribution is -0.192. The van der Waals surface area contributed by atoms with Crippen molar-refractivity contribution in [2.24, 2.45) is 0 Å². The fourth-order valence-corrected chi connectivity index (χ4v) is 4.32. The molecule has 1 fully saturated rings. The number of aromatic nitrogens is 1. The quantitative estimate of drug-likeness (QED) is 0.512. The standard InChI is InChI=1S/C19H19ClN2OS.C2HF3O2/c1-12-9-13(20)10-17(18(12)23-14-3-2-6-21-11-14)15-4-7-22-19-16(15)5-8-24-19;3-2(4,5)1(6)7/h4-5,7-10,14,21H,2-3,6,11H2,1H3;(H,6,7). The van der Waals surface area contributed by atoms with E-state index in [1.54, 1.807) is 11.3 Å². The van der Waals surface area contributed by atoms with Gasteiger partial charge in [-0.05, 0) is 67.1 Å². The number of nitrogens with zero attached hydrogens (tertiary/aromatic N) is 1. The lowest BCUT2D eigenvalue weighted by Gasteiger charge is -2.26. The summed E-state index contributed by atoms with van der Waals surface area (Å²) in [5.74, 6) is -1.82. The van der Waals surface area contributed by atoms with Gasteiger partial charge in [0, 0.05) is 28.7 Å². The zero-order valence-corrected chi connectivity index (χ0v) is 18.1. The van der Waals surface area contributed by atoms with Crippen LogP contribution in [0.4, 0.5) is 13.2 Å². The van der Waals surface area contributed by atoms with E-state index in [0.29, 0.717) is 0 Å². The number of nitrogens with one attached hydrogen (secondary N) is 1. The number of carboxylic acid groups (broad SMARTS) is 1. The summed E-state index contributed by atoms with van der Waals surface area (Å²) in [6, 6.07) is 8.14. The van der Waals surface area contributed by atoms with Crippen molar-refractivity contribution in [3.63, 3.8) is 0 Å². The van der Waals surface area contributed by atoms with Crippen molar-refractivity contribution in [3.8, 4) is 16.9 Å². The van der Waals surface area contributed by atoms with Crippen molar-refractivity contribution in [2.45, 2.75) is 32.0 Å². The average Bonchev–Trinajstić information content (AvgIpc) is 3.19. The van der Waals surface area contributed by atoms with Gasteiger partial charge < -0.3 is 15.2 Å². The van der Waals surface area contributed by atoms with E-state index in [4.69, 9.17) is 26.2 Å². The van der Waals surface area contributed by atoms with Gasteiger partial charge in [-0.3, -0.25) is 0 Å². The minimum absolute atomic E-state index is 0.206. The molecule has 0 amide bonds. The number of pyridine rings is 1. The Morgan fingerprint density at radius 1 is 1.32 bits per heavy atom. The topological polar surface area (TPSA) is 71.5 Å². The van der Waals surface area contributed by atoms with Gasteiger partial charge in [-0.1, -0.05) is 11.6 Å². The van der Waals surface area contributed by atoms with Crippen molar-refractivity contribution in [3.05, 3.63) is 46.4 Å². The van der Waals surface area contributed by atoms with Gasteiger partial charge in [0.2, 0.25) is 0 Å². The third-order valence-corrected chi connectivity index (χ3v) is 5.72. The summed E-state index contributed by atoms with van der Waals surface area (Å²) >= 11 is 8.01. The van der Waals surface area contributed by atoms with Crippen LogP contribution in [0.15, 0.2) is 35.8 Å². The Bertz CT molecular complexity index is 1070. The van der Waals surface area contributed by atoms with Crippen molar-refractivity contribution in [1.82, 2.24) is 10.3 Å². The number of aliphatic carboxylic acids is 1. The fraction of sp³-hybridized carbons (Fsp3) is 0.333. The van der Waals surface area contributed by atoms with E-state index in [-0.39, 0.29) is 6.10 Å². The van der Waals surface area contributed by atoms with Gasteiger partial charge in [-0.2, -0.15) is 13.2 Å². The molecule has 0 spiro atoms. The first-order valence-electron chi connectivity index (χ1n) is 9.47. The van der Waals surface area contributed by atoms with Gasteiger partial charge in [0.1, 0.15) is 16.7 Å². The molecule has 10 heteroatoms. The number of carboxylic acids is 1. The molecule has 0 saturated carbocycles. The monoisotopic (exact) mass is 472 g/mol. The summed E-state index contributed by atoms with van der Waals surface area (Å²) in [7, 11) is 0. The Hall–Kier alpha value is -2.36. The number of hydrogen-bond acceptors (Lipinski definition) is 5. The Morgan fingerprint density at radius 3 is 2.71 bits per heavy atom. The highest BCUT2D eigenvalue weighted by Crippen LogP contribution is 2.40. The molecule has 0 aliphatic carbocycles. The lowest BCUT2D eigenvalue weighted by atomic mass is 10.00. The normalized spacial score (nSPS) is 16.5. The van der Waals surface area contributed by atoms with Gasteiger partial charge in [-0.15, -0.1) is 11.3 Å². The third-order valence-electron chi connectivity index (χ3n) is 4.68. The second-order valence-electron chi connectivity index (χ2n) is 6.99. The molecule has 0 bridgehead atoms. The summed E-state index contributed by atoms with van der Waals surface area (Å²) in [6.07, 6.45) is -0.789. The minimum Gasteiger partial charge on any atom is -0.488 e. The molecule has 166 valence electrons. The molecule has 1 aromatic carbocycles. The number of alkyl halides is 3. The Labute approximate surface area is 185 Å². The lowest BCUT2D eigenvalue weighted by Crippen LogP contribution is -2.37. The van der Waals surface area contributed by atoms with Crippen LogP contribution in [0.3, 0.4) is 0 Å². The van der Waals surface area contributed by atoms with Crippen LogP contribution in [0.2, 0.25) is 5.02 Å². The highest BCUT2D eigenvalue weighted by molar-refractivity contribution is 7.16. The molecule has 1 aliphatic heterocycles. The first-order valence-corrected chi connectivity index (χ1v) is 10.7. The van der Waals surface area contributed by atoms with E-state index in [1.165, 1.54) is 0 Å². The Kier molecular flexibility index (Phi) is 7.40. The van der Waals surface area contributed by atoms with Crippen molar-refractivity contribution < 1.29 is 27.8 Å². The molecular formula is C21H20ClF3N2O3S. The number of hydrogen-bond donors (Lipinski definition) is 2. The molecule has 1 atom stereocenters. The second-order valence-corrected chi connectivity index (χ2v) is 8.32. The number of ether oxygens (including phenoxy) is 1. The highest BCUT2D eigenvalue weighted by Gasteiger charge is 2.38. The van der Waals surface area contributed by atoms with Crippen LogP contribution < -0.4 is 10.1 Å². The van der Waals surface area contributed by atoms with Crippen LogP contribution >= 0.6 is 22.9 Å². The van der Waals surface area contributed by atoms with Gasteiger partial charge in [-0.25, -0.2) is 9.78 Å². The van der Waals surface area contributed by atoms with Gasteiger partial charge in [0.25, 0.3) is 0 Å². The molecule has 1 saturated heterocycles. The summed E-state index contributed by atoms with van der Waals surface area (Å²) in [5, 5.41) is 14.5. The number of aryl methyl sites for hydroxylation is 1. The molecule has 4 rings (SSSR count). The first kappa shape index (κ1) is 23.3. The molecule has 5 nitrogen and oxygen atoms in total. The predicted octanol–water partition coefficient (Wildman–Crippen LogP) is 5.69. The number of benzene rings is 1. The number of halogens is 4. The van der Waals surface area contributed by atoms with E-state index in [2.05, 4.69) is 28.7 Å². The SMILES string of the molecule is Cc1cc(Cl)cc(-c2ccnc3sccc23)c1OC1CCCNC1.O=C(O)C(F)(F)F. The Morgan fingerprint density at radius 2 is 2.06 bits per heavy atom. The van der Waals surface area contributed by atoms with E-state index in [0.717, 1.165) is 63.6 Å². The van der Waals surface area contributed by atoms with Gasteiger partial charge in [0.15, 0.2) is 0 Å². The molecule has 3 aromatic rings. The van der Waals surface area contributed by atoms with E-state index < -0.39 is 12.1 Å². The minimum atomic E-state index is -5.08. The van der Waals surface area contributed by atoms with Crippen LogP contribution in [-0.2, 0) is 4.79 Å². The van der Waals surface area contributed by atoms with E-state index >= 15 is 0 Å². The predicted molar refractivity (Wildman–Crippen MR) is 115 cm³/mol. The Balaban J connectivity index is 0.000000339. The summed E-state index contributed by atoms with van der Waals surface area (Å²) < 4.78 is 38.2. The number of fused-ring (bicyclic) bond motifs is 1. The smallest absolute Gasteiger partial charge is 0.488 e. The van der Waals surface area contributed by atoms with Gasteiger partial charge >= 0.3 is 12.1 Å². The van der Waals surface area contributed by atoms with Gasteiger partial charge in [0.05, 0.1) is 0 Å². The van der Waals surface area contributed by atoms with Crippen molar-refractivity contribution >= 4 is 39.1 Å². The third kappa shape index (κ3) is 5.87. The van der Waals surface area contributed by atoms with Crippen LogP contribution in [0.1, 0.15) is 18.4 Å². The number of thiophene rings is 1. The van der Waals surface area contributed by atoms with Crippen molar-refractivity contribution in [1.29, 1.82) is 0 Å². The molecule has 1 unspecified atom stereocenters. The molecule has 2 N–H and O–H groups in total. The molecule has 2 aromatic heterocycles. The fourth-order valence-electron chi connectivity index (χ4n) is 3.28. The van der Waals surface area contributed by atoms with Crippen LogP contribution in [0, 0.1) is 6.92 Å². The molecular weight excluding hydrogens is 453 g/mol. The van der Waals surface area contributed by atoms with Crippen LogP contribution in [-0.4, -0.2) is 41.4 Å². The first-order chi connectivity index (χ1) is 14.7. The molecule has 3 heterocycles. The second kappa shape index (κ2) is 9.84. The summed E-state index contributed by atoms with van der Waals surface area (Å²) in [4.78, 5) is 14.4. The maximum atomic E-state index is 10.6. The molecule has 0 radical (unpaired) electrons. The van der Waals surface area contributed by atoms with E-state index in [9.17, 15) is 13.2 Å². The van der Waals surface area contributed by atoms with E-state index in [1.807, 2.05) is 24.4 Å². The molecule has 1 aliphatic rings. The van der Waals surface area contributed by atoms with Crippen LogP contribution in [0.5, 0.6) is 5.75 Å². The number of piperidine rings is 1. The maximum Gasteiger partial charge on any atom is 0.490 e. The zero-order valence-electron chi connectivity index (χ0n) is 16.5. The number of carbonyl (C=O) groups is 1. The summed E-state index contributed by atoms with van der Waals surface area (Å²) in [6.45, 7) is 4.03. The highest BCUT2D eigenvalue weighted by atomic mass is 35.5. The zero-order chi connectivity index (χ0) is 22.6.